The molecule has 2 aromatic heterocycles. The van der Waals surface area contributed by atoms with Crippen LogP contribution in [0.4, 0.5) is 0 Å². The van der Waals surface area contributed by atoms with Gasteiger partial charge in [-0.05, 0) is 93.5 Å². The molecule has 5 aromatic carbocycles. The molecule has 0 aliphatic rings. The number of rotatable bonds is 9. The zero-order chi connectivity index (χ0) is 36.7. The summed E-state index contributed by atoms with van der Waals surface area (Å²) < 4.78 is 2.27. The van der Waals surface area contributed by atoms with E-state index in [1.54, 1.807) is 0 Å². The van der Waals surface area contributed by atoms with Gasteiger partial charge in [0.2, 0.25) is 0 Å². The van der Waals surface area contributed by atoms with Gasteiger partial charge in [0.1, 0.15) is 11.6 Å². The van der Waals surface area contributed by atoms with Crippen LogP contribution in [0.15, 0.2) is 121 Å². The predicted molar refractivity (Wildman–Crippen MR) is 219 cm³/mol. The summed E-state index contributed by atoms with van der Waals surface area (Å²) in [5.74, 6) is 2.23. The van der Waals surface area contributed by atoms with Gasteiger partial charge >= 0.3 is 0 Å². The van der Waals surface area contributed by atoms with Crippen molar-refractivity contribution in [3.63, 3.8) is 0 Å². The van der Waals surface area contributed by atoms with E-state index in [2.05, 4.69) is 139 Å². The largest absolute Gasteiger partial charge is 0.506 e. The monoisotopic (exact) mass is 683 g/mol. The van der Waals surface area contributed by atoms with E-state index in [4.69, 9.17) is 9.97 Å². The van der Waals surface area contributed by atoms with Gasteiger partial charge in [-0.25, -0.2) is 9.97 Å². The lowest BCUT2D eigenvalue weighted by molar-refractivity contribution is 0.478. The Morgan fingerprint density at radius 3 is 1.67 bits per heavy atom. The van der Waals surface area contributed by atoms with Crippen molar-refractivity contribution in [2.45, 2.75) is 79.1 Å². The van der Waals surface area contributed by atoms with Crippen molar-refractivity contribution in [2.75, 3.05) is 0 Å². The van der Waals surface area contributed by atoms with Gasteiger partial charge in [0.05, 0.1) is 33.7 Å². The third-order valence-electron chi connectivity index (χ3n) is 10.2. The average Bonchev–Trinajstić information content (AvgIpc) is 3.53. The van der Waals surface area contributed by atoms with Crippen molar-refractivity contribution in [1.29, 1.82) is 0 Å². The maximum atomic E-state index is 12.4. The van der Waals surface area contributed by atoms with Crippen LogP contribution in [0.25, 0.3) is 61.8 Å². The van der Waals surface area contributed by atoms with Crippen LogP contribution in [0.3, 0.4) is 0 Å². The van der Waals surface area contributed by atoms with Gasteiger partial charge < -0.3 is 5.11 Å². The lowest BCUT2D eigenvalue weighted by atomic mass is 9.90. The maximum absolute atomic E-state index is 12.4. The van der Waals surface area contributed by atoms with Crippen LogP contribution in [0, 0.1) is 0 Å². The number of benzene rings is 5. The van der Waals surface area contributed by atoms with E-state index < -0.39 is 0 Å². The number of hydrogen-bond acceptors (Lipinski definition) is 3. The zero-order valence-corrected chi connectivity index (χ0v) is 31.6. The van der Waals surface area contributed by atoms with E-state index in [0.29, 0.717) is 34.5 Å². The molecule has 0 bridgehead atoms. The molecular weight excluding hydrogens is 635 g/mol. The molecule has 0 amide bonds. The van der Waals surface area contributed by atoms with Crippen LogP contribution < -0.4 is 0 Å². The van der Waals surface area contributed by atoms with Gasteiger partial charge in [-0.3, -0.25) is 4.57 Å². The highest BCUT2D eigenvalue weighted by Gasteiger charge is 2.25. The number of fused-ring (bicyclic) bond motifs is 1. The average molecular weight is 684 g/mol. The van der Waals surface area contributed by atoms with E-state index in [1.165, 1.54) is 22.3 Å². The first-order chi connectivity index (χ1) is 25.0. The van der Waals surface area contributed by atoms with Crippen molar-refractivity contribution in [2.24, 2.45) is 0 Å². The number of aromatic nitrogens is 3. The Hall–Kier alpha value is -5.48. The second-order valence-electron chi connectivity index (χ2n) is 15.2. The van der Waals surface area contributed by atoms with Gasteiger partial charge in [-0.2, -0.15) is 0 Å². The zero-order valence-electron chi connectivity index (χ0n) is 31.6. The molecule has 2 heterocycles. The molecule has 0 aliphatic heterocycles. The molecule has 52 heavy (non-hydrogen) atoms. The number of phenolic OH excluding ortho intramolecular Hbond substituents is 1. The highest BCUT2D eigenvalue weighted by molar-refractivity contribution is 5.88. The van der Waals surface area contributed by atoms with Crippen LogP contribution in [-0.4, -0.2) is 19.6 Å². The van der Waals surface area contributed by atoms with Crippen LogP contribution in [0.1, 0.15) is 101 Å². The molecule has 4 nitrogen and oxygen atoms in total. The molecule has 0 saturated carbocycles. The number of hydrogen-bond donors (Lipinski definition) is 1. The molecular formula is C48H49N3O. The first-order valence-corrected chi connectivity index (χ1v) is 18.7. The highest BCUT2D eigenvalue weighted by atomic mass is 16.3. The number of para-hydroxylation sites is 4. The van der Waals surface area contributed by atoms with Crippen LogP contribution >= 0.6 is 0 Å². The smallest absolute Gasteiger partial charge is 0.149 e. The van der Waals surface area contributed by atoms with Crippen LogP contribution in [0.2, 0.25) is 0 Å². The van der Waals surface area contributed by atoms with E-state index >= 15 is 0 Å². The van der Waals surface area contributed by atoms with E-state index in [1.807, 2.05) is 42.5 Å². The Morgan fingerprint density at radius 1 is 0.481 bits per heavy atom. The number of imidazole rings is 1. The van der Waals surface area contributed by atoms with Gasteiger partial charge in [-0.1, -0.05) is 140 Å². The fourth-order valence-corrected chi connectivity index (χ4v) is 7.24. The first-order valence-electron chi connectivity index (χ1n) is 18.7. The molecule has 4 heteroatoms. The lowest BCUT2D eigenvalue weighted by Crippen LogP contribution is -2.08. The van der Waals surface area contributed by atoms with Crippen molar-refractivity contribution in [3.8, 4) is 56.5 Å². The molecule has 262 valence electrons. The molecule has 0 fully saturated rings. The van der Waals surface area contributed by atoms with Crippen LogP contribution in [-0.2, 0) is 0 Å². The number of phenols is 1. The molecule has 0 radical (unpaired) electrons. The summed E-state index contributed by atoms with van der Waals surface area (Å²) in [6, 6.07) is 42.4. The minimum Gasteiger partial charge on any atom is -0.506 e. The summed E-state index contributed by atoms with van der Waals surface area (Å²) in [7, 11) is 0. The van der Waals surface area contributed by atoms with Crippen molar-refractivity contribution in [1.82, 2.24) is 14.5 Å². The standard InChI is InChI=1S/C48H49N3O/c1-29(2)34-24-35(30(3)4)26-36(25-34)37-27-43(33-16-10-9-11-17-33)49-44(28-37)40-20-15-21-41(47(40)52)48-50-42-22-12-13-23-45(42)51(48)46-38(31(5)6)18-14-19-39(46)32(7)8/h9-32,52H,1-8H3. The van der Waals surface area contributed by atoms with Gasteiger partial charge in [0, 0.05) is 11.1 Å². The number of nitrogens with zero attached hydrogens (tertiary/aromatic N) is 3. The molecule has 0 unspecified atom stereocenters. The van der Waals surface area contributed by atoms with Gasteiger partial charge in [-0.15, -0.1) is 0 Å². The molecule has 7 rings (SSSR count). The Morgan fingerprint density at radius 2 is 1.04 bits per heavy atom. The molecule has 1 N–H and O–H groups in total. The van der Waals surface area contributed by atoms with Crippen molar-refractivity contribution >= 4 is 11.0 Å². The molecule has 0 aliphatic carbocycles. The fraction of sp³-hybridized carbons (Fsp3) is 0.250. The third kappa shape index (κ3) is 6.54. The summed E-state index contributed by atoms with van der Waals surface area (Å²) in [5, 5.41) is 12.4. The second kappa shape index (κ2) is 14.3. The van der Waals surface area contributed by atoms with Gasteiger partial charge in [0.25, 0.3) is 0 Å². The predicted octanol–water partition coefficient (Wildman–Crippen LogP) is 13.3. The molecule has 0 saturated heterocycles. The van der Waals surface area contributed by atoms with Gasteiger partial charge in [0.15, 0.2) is 0 Å². The molecule has 0 atom stereocenters. The van der Waals surface area contributed by atoms with E-state index in [9.17, 15) is 5.11 Å². The van der Waals surface area contributed by atoms with E-state index in [0.717, 1.165) is 39.1 Å². The summed E-state index contributed by atoms with van der Waals surface area (Å²) in [6.45, 7) is 17.9. The van der Waals surface area contributed by atoms with E-state index in [-0.39, 0.29) is 17.6 Å². The second-order valence-corrected chi connectivity index (χ2v) is 15.2. The molecule has 0 spiro atoms. The van der Waals surface area contributed by atoms with Crippen molar-refractivity contribution < 1.29 is 5.11 Å². The minimum atomic E-state index is 0.162. The number of aromatic hydroxyl groups is 1. The Labute approximate surface area is 308 Å². The quantitative estimate of drug-likeness (QED) is 0.165. The Kier molecular flexibility index (Phi) is 9.59. The molecule has 7 aromatic rings. The maximum Gasteiger partial charge on any atom is 0.149 e. The normalized spacial score (nSPS) is 11.8. The third-order valence-corrected chi connectivity index (χ3v) is 10.2. The summed E-state index contributed by atoms with van der Waals surface area (Å²) >= 11 is 0. The Balaban J connectivity index is 1.48. The fourth-order valence-electron chi connectivity index (χ4n) is 7.24. The Bertz CT molecular complexity index is 2330. The van der Waals surface area contributed by atoms with Crippen LogP contribution in [0.5, 0.6) is 5.75 Å². The number of pyridine rings is 1. The summed E-state index contributed by atoms with van der Waals surface area (Å²) in [6.07, 6.45) is 0. The highest BCUT2D eigenvalue weighted by Crippen LogP contribution is 2.43. The SMILES string of the molecule is CC(C)c1cc(-c2cc(-c3ccccc3)nc(-c3cccc(-c4nc5ccccc5n4-c4c(C(C)C)cccc4C(C)C)c3O)c2)cc(C(C)C)c1. The summed E-state index contributed by atoms with van der Waals surface area (Å²) in [4.78, 5) is 10.4. The first kappa shape index (κ1) is 34.9. The minimum absolute atomic E-state index is 0.162. The summed E-state index contributed by atoms with van der Waals surface area (Å²) in [5.41, 5.74) is 14.3. The lowest BCUT2D eigenvalue weighted by Gasteiger charge is -2.23. The van der Waals surface area contributed by atoms with Crippen molar-refractivity contribution in [3.05, 3.63) is 144 Å². The topological polar surface area (TPSA) is 50.9 Å².